The van der Waals surface area contributed by atoms with E-state index in [4.69, 9.17) is 11.6 Å². The molecule has 0 aliphatic heterocycles. The Hall–Kier alpha value is -2.44. The Labute approximate surface area is 149 Å². The SMILES string of the molecule is Cc1cc(C)n(CCNCc2cc(=O)c3cccc(Cl)c3[nH]2)c(=O)n1. The van der Waals surface area contributed by atoms with Crippen LogP contribution in [0.15, 0.2) is 39.9 Å². The van der Waals surface area contributed by atoms with Crippen molar-refractivity contribution < 1.29 is 0 Å². The van der Waals surface area contributed by atoms with Gasteiger partial charge in [0.1, 0.15) is 0 Å². The number of benzene rings is 1. The van der Waals surface area contributed by atoms with Gasteiger partial charge in [0.05, 0.1) is 10.5 Å². The number of hydrogen-bond donors (Lipinski definition) is 2. The van der Waals surface area contributed by atoms with Crippen LogP contribution in [-0.4, -0.2) is 21.1 Å². The summed E-state index contributed by atoms with van der Waals surface area (Å²) < 4.78 is 1.63. The van der Waals surface area contributed by atoms with Crippen LogP contribution >= 0.6 is 11.6 Å². The molecule has 130 valence electrons. The number of aryl methyl sites for hydroxylation is 2. The Balaban J connectivity index is 1.69. The number of nitrogens with one attached hydrogen (secondary N) is 2. The molecule has 0 saturated carbocycles. The normalized spacial score (nSPS) is 11.2. The third-order valence-electron chi connectivity index (χ3n) is 4.04. The first kappa shape index (κ1) is 17.4. The molecule has 0 bridgehead atoms. The average molecular weight is 359 g/mol. The van der Waals surface area contributed by atoms with Crippen LogP contribution in [0.3, 0.4) is 0 Å². The molecule has 0 fully saturated rings. The number of pyridine rings is 1. The van der Waals surface area contributed by atoms with Gasteiger partial charge in [0.15, 0.2) is 5.43 Å². The lowest BCUT2D eigenvalue weighted by molar-refractivity contribution is 0.560. The fourth-order valence-corrected chi connectivity index (χ4v) is 3.07. The Morgan fingerprint density at radius 1 is 1.24 bits per heavy atom. The highest BCUT2D eigenvalue weighted by Crippen LogP contribution is 2.18. The minimum Gasteiger partial charge on any atom is -0.356 e. The maximum Gasteiger partial charge on any atom is 0.347 e. The van der Waals surface area contributed by atoms with Gasteiger partial charge in [-0.3, -0.25) is 9.36 Å². The quantitative estimate of drug-likeness (QED) is 0.685. The van der Waals surface area contributed by atoms with Crippen LogP contribution in [0.5, 0.6) is 0 Å². The smallest absolute Gasteiger partial charge is 0.347 e. The lowest BCUT2D eigenvalue weighted by Crippen LogP contribution is -2.30. The number of halogens is 1. The van der Waals surface area contributed by atoms with Crippen LogP contribution in [0, 0.1) is 13.8 Å². The second-order valence-electron chi connectivity index (χ2n) is 5.97. The molecule has 3 rings (SSSR count). The summed E-state index contributed by atoms with van der Waals surface area (Å²) in [6.07, 6.45) is 0. The molecule has 7 heteroatoms. The summed E-state index contributed by atoms with van der Waals surface area (Å²) in [6.45, 7) is 5.26. The predicted molar refractivity (Wildman–Crippen MR) is 99.3 cm³/mol. The van der Waals surface area contributed by atoms with Gasteiger partial charge in [-0.1, -0.05) is 17.7 Å². The molecule has 3 aromatic rings. The summed E-state index contributed by atoms with van der Waals surface area (Å²) in [7, 11) is 0. The Morgan fingerprint density at radius 2 is 2.04 bits per heavy atom. The summed E-state index contributed by atoms with van der Waals surface area (Å²) >= 11 is 6.15. The number of aromatic amines is 1. The Kier molecular flexibility index (Phi) is 5.01. The first-order valence-corrected chi connectivity index (χ1v) is 8.40. The fraction of sp³-hybridized carbons (Fsp3) is 0.278. The van der Waals surface area contributed by atoms with Crippen molar-refractivity contribution in [3.63, 3.8) is 0 Å². The lowest BCUT2D eigenvalue weighted by Gasteiger charge is -2.11. The van der Waals surface area contributed by atoms with E-state index in [9.17, 15) is 9.59 Å². The predicted octanol–water partition coefficient (Wildman–Crippen LogP) is 2.14. The van der Waals surface area contributed by atoms with E-state index in [-0.39, 0.29) is 11.1 Å². The molecule has 6 nitrogen and oxygen atoms in total. The molecule has 25 heavy (non-hydrogen) atoms. The van der Waals surface area contributed by atoms with E-state index in [0.29, 0.717) is 35.6 Å². The van der Waals surface area contributed by atoms with Gasteiger partial charge in [-0.2, -0.15) is 4.98 Å². The molecule has 0 aliphatic carbocycles. The first-order chi connectivity index (χ1) is 12.0. The number of nitrogens with zero attached hydrogens (tertiary/aromatic N) is 2. The van der Waals surface area contributed by atoms with E-state index < -0.39 is 0 Å². The number of para-hydroxylation sites is 1. The monoisotopic (exact) mass is 358 g/mol. The second kappa shape index (κ2) is 7.21. The van der Waals surface area contributed by atoms with Crippen molar-refractivity contribution in [3.05, 3.63) is 73.1 Å². The number of H-pyrrole nitrogens is 1. The van der Waals surface area contributed by atoms with Gasteiger partial charge in [0.25, 0.3) is 0 Å². The van der Waals surface area contributed by atoms with Crippen molar-refractivity contribution >= 4 is 22.5 Å². The molecule has 2 heterocycles. The standard InChI is InChI=1S/C18H19ClN4O2/c1-11-8-12(2)23(18(25)21-11)7-6-20-10-13-9-16(24)14-4-3-5-15(19)17(14)22-13/h3-5,8-9,20H,6-7,10H2,1-2H3,(H,22,24). The summed E-state index contributed by atoms with van der Waals surface area (Å²) in [4.78, 5) is 31.2. The summed E-state index contributed by atoms with van der Waals surface area (Å²) in [5, 5.41) is 4.32. The van der Waals surface area contributed by atoms with Crippen LogP contribution < -0.4 is 16.4 Å². The van der Waals surface area contributed by atoms with E-state index in [1.54, 1.807) is 35.8 Å². The average Bonchev–Trinajstić information content (AvgIpc) is 2.54. The molecule has 0 unspecified atom stereocenters. The lowest BCUT2D eigenvalue weighted by atomic mass is 10.2. The van der Waals surface area contributed by atoms with Gasteiger partial charge in [0.2, 0.25) is 0 Å². The third kappa shape index (κ3) is 3.81. The number of hydrogen-bond acceptors (Lipinski definition) is 4. The molecule has 0 saturated heterocycles. The first-order valence-electron chi connectivity index (χ1n) is 8.02. The summed E-state index contributed by atoms with van der Waals surface area (Å²) in [5.41, 5.74) is 2.68. The van der Waals surface area contributed by atoms with Crippen LogP contribution in [0.25, 0.3) is 10.9 Å². The van der Waals surface area contributed by atoms with Crippen molar-refractivity contribution in [2.24, 2.45) is 0 Å². The van der Waals surface area contributed by atoms with Gasteiger partial charge in [0, 0.05) is 48.2 Å². The molecule has 0 atom stereocenters. The highest BCUT2D eigenvalue weighted by atomic mass is 35.5. The third-order valence-corrected chi connectivity index (χ3v) is 4.36. The Morgan fingerprint density at radius 3 is 2.80 bits per heavy atom. The zero-order valence-electron chi connectivity index (χ0n) is 14.1. The van der Waals surface area contributed by atoms with Gasteiger partial charge in [-0.05, 0) is 32.0 Å². The van der Waals surface area contributed by atoms with E-state index in [1.807, 2.05) is 13.0 Å². The minimum atomic E-state index is -0.245. The van der Waals surface area contributed by atoms with Crippen molar-refractivity contribution in [1.29, 1.82) is 0 Å². The molecule has 0 aliphatic rings. The van der Waals surface area contributed by atoms with E-state index in [2.05, 4.69) is 15.3 Å². The summed E-state index contributed by atoms with van der Waals surface area (Å²) in [5.74, 6) is 0. The molecule has 2 N–H and O–H groups in total. The Bertz CT molecular complexity index is 1040. The molecular weight excluding hydrogens is 340 g/mol. The second-order valence-corrected chi connectivity index (χ2v) is 6.38. The molecule has 0 spiro atoms. The molecule has 0 amide bonds. The van der Waals surface area contributed by atoms with Gasteiger partial charge >= 0.3 is 5.69 Å². The van der Waals surface area contributed by atoms with E-state index >= 15 is 0 Å². The van der Waals surface area contributed by atoms with Crippen molar-refractivity contribution in [1.82, 2.24) is 19.9 Å². The largest absolute Gasteiger partial charge is 0.356 e. The summed E-state index contributed by atoms with van der Waals surface area (Å²) in [6, 6.07) is 8.70. The van der Waals surface area contributed by atoms with Crippen molar-refractivity contribution in [2.45, 2.75) is 26.9 Å². The number of aromatic nitrogens is 3. The molecule has 2 aromatic heterocycles. The zero-order valence-corrected chi connectivity index (χ0v) is 14.9. The molecular formula is C18H19ClN4O2. The fourth-order valence-electron chi connectivity index (χ4n) is 2.84. The van der Waals surface area contributed by atoms with Gasteiger partial charge in [-0.15, -0.1) is 0 Å². The highest BCUT2D eigenvalue weighted by molar-refractivity contribution is 6.35. The highest BCUT2D eigenvalue weighted by Gasteiger charge is 2.06. The van der Waals surface area contributed by atoms with Crippen LogP contribution in [-0.2, 0) is 13.1 Å². The van der Waals surface area contributed by atoms with Crippen LogP contribution in [0.1, 0.15) is 17.1 Å². The number of fused-ring (bicyclic) bond motifs is 1. The molecule has 0 radical (unpaired) electrons. The minimum absolute atomic E-state index is 0.0668. The van der Waals surface area contributed by atoms with E-state index in [0.717, 1.165) is 17.1 Å². The van der Waals surface area contributed by atoms with Crippen LogP contribution in [0.4, 0.5) is 0 Å². The van der Waals surface area contributed by atoms with Gasteiger partial charge in [-0.25, -0.2) is 4.79 Å². The van der Waals surface area contributed by atoms with Gasteiger partial charge < -0.3 is 10.3 Å². The topological polar surface area (TPSA) is 79.8 Å². The maximum atomic E-state index is 12.2. The van der Waals surface area contributed by atoms with Crippen LogP contribution in [0.2, 0.25) is 5.02 Å². The zero-order chi connectivity index (χ0) is 18.0. The number of rotatable bonds is 5. The van der Waals surface area contributed by atoms with Crippen molar-refractivity contribution in [3.8, 4) is 0 Å². The maximum absolute atomic E-state index is 12.2. The van der Waals surface area contributed by atoms with Crippen molar-refractivity contribution in [2.75, 3.05) is 6.54 Å². The molecule has 1 aromatic carbocycles. The van der Waals surface area contributed by atoms with E-state index in [1.165, 1.54) is 0 Å².